The van der Waals surface area contributed by atoms with Crippen LogP contribution in [0.2, 0.25) is 0 Å². The first kappa shape index (κ1) is 15.2. The lowest BCUT2D eigenvalue weighted by atomic mass is 9.80. The van der Waals surface area contributed by atoms with Gasteiger partial charge in [-0.15, -0.1) is 0 Å². The molecule has 0 unspecified atom stereocenters. The highest BCUT2D eigenvalue weighted by atomic mass is 16.4. The molecular weight excluding hydrogens is 292 g/mol. The van der Waals surface area contributed by atoms with Gasteiger partial charge < -0.3 is 15.8 Å². The Morgan fingerprint density at radius 1 is 1.30 bits per heavy atom. The molecule has 1 atom stereocenters. The minimum Gasteiger partial charge on any atom is -0.480 e. The zero-order valence-electron chi connectivity index (χ0n) is 12.7. The predicted octanol–water partition coefficient (Wildman–Crippen LogP) is 2.08. The third kappa shape index (κ3) is 2.71. The largest absolute Gasteiger partial charge is 0.480 e. The zero-order valence-corrected chi connectivity index (χ0v) is 12.7. The van der Waals surface area contributed by atoms with Crippen molar-refractivity contribution in [1.29, 1.82) is 0 Å². The van der Waals surface area contributed by atoms with Crippen molar-refractivity contribution in [3.05, 3.63) is 59.8 Å². The molecule has 4 N–H and O–H groups in total. The molecule has 1 heterocycles. The van der Waals surface area contributed by atoms with Crippen LogP contribution in [0.5, 0.6) is 0 Å². The molecule has 0 amide bonds. The van der Waals surface area contributed by atoms with E-state index in [1.165, 1.54) is 12.2 Å². The molecule has 0 aliphatic heterocycles. The number of fused-ring (bicyclic) bond motifs is 1. The highest BCUT2D eigenvalue weighted by molar-refractivity contribution is 6.01. The summed E-state index contributed by atoms with van der Waals surface area (Å²) in [4.78, 5) is 26.0. The van der Waals surface area contributed by atoms with Crippen LogP contribution < -0.4 is 5.73 Å². The fourth-order valence-corrected chi connectivity index (χ4v) is 2.97. The van der Waals surface area contributed by atoms with E-state index >= 15 is 0 Å². The number of aliphatic carboxylic acids is 1. The Balaban J connectivity index is 2.16. The molecule has 118 valence electrons. The molecule has 5 heteroatoms. The number of carbonyl (C=O) groups excluding carboxylic acids is 1. The van der Waals surface area contributed by atoms with Crippen molar-refractivity contribution in [3.8, 4) is 0 Å². The number of ketones is 1. The van der Waals surface area contributed by atoms with Gasteiger partial charge in [-0.25, -0.2) is 0 Å². The summed E-state index contributed by atoms with van der Waals surface area (Å²) in [6.07, 6.45) is 6.95. The van der Waals surface area contributed by atoms with Crippen LogP contribution in [-0.2, 0) is 21.4 Å². The molecule has 1 aliphatic carbocycles. The first-order valence-electron chi connectivity index (χ1n) is 7.41. The molecule has 5 nitrogen and oxygen atoms in total. The zero-order chi connectivity index (χ0) is 16.6. The molecule has 0 saturated heterocycles. The number of carboxylic acid groups (broad SMARTS) is 1. The number of hydrogen-bond donors (Lipinski definition) is 3. The fourth-order valence-electron chi connectivity index (χ4n) is 2.97. The number of para-hydroxylation sites is 1. The lowest BCUT2D eigenvalue weighted by Gasteiger charge is -2.25. The Bertz CT molecular complexity index is 829. The summed E-state index contributed by atoms with van der Waals surface area (Å²) in [6.45, 7) is 1.98. The van der Waals surface area contributed by atoms with Crippen LogP contribution >= 0.6 is 0 Å². The van der Waals surface area contributed by atoms with Gasteiger partial charge in [-0.1, -0.05) is 30.4 Å². The molecule has 0 fully saturated rings. The second-order valence-corrected chi connectivity index (χ2v) is 6.02. The highest BCUT2D eigenvalue weighted by Gasteiger charge is 2.30. The van der Waals surface area contributed by atoms with E-state index in [0.29, 0.717) is 0 Å². The Hall–Kier alpha value is -2.66. The maximum Gasteiger partial charge on any atom is 0.320 e. The number of nitrogens with two attached hydrogens (primary N) is 1. The summed E-state index contributed by atoms with van der Waals surface area (Å²) in [5, 5.41) is 10.1. The number of nitrogens with one attached hydrogen (secondary N) is 1. The molecule has 0 spiro atoms. The van der Waals surface area contributed by atoms with E-state index in [1.54, 1.807) is 0 Å². The maximum atomic E-state index is 11.4. The minimum atomic E-state index is -1.03. The van der Waals surface area contributed by atoms with E-state index in [9.17, 15) is 9.59 Å². The second-order valence-electron chi connectivity index (χ2n) is 6.02. The van der Waals surface area contributed by atoms with Crippen molar-refractivity contribution in [1.82, 2.24) is 4.98 Å². The van der Waals surface area contributed by atoms with Crippen LogP contribution in [0.15, 0.2) is 48.6 Å². The smallest absolute Gasteiger partial charge is 0.320 e. The Morgan fingerprint density at radius 2 is 1.96 bits per heavy atom. The Labute approximate surface area is 133 Å². The van der Waals surface area contributed by atoms with E-state index < -0.39 is 17.4 Å². The van der Waals surface area contributed by atoms with Crippen LogP contribution in [-0.4, -0.2) is 27.9 Å². The lowest BCUT2D eigenvalue weighted by Crippen LogP contribution is -2.33. The predicted molar refractivity (Wildman–Crippen MR) is 88.3 cm³/mol. The van der Waals surface area contributed by atoms with E-state index in [1.807, 2.05) is 43.3 Å². The van der Waals surface area contributed by atoms with Gasteiger partial charge in [0.15, 0.2) is 5.78 Å². The maximum absolute atomic E-state index is 11.4. The molecule has 2 aromatic rings. The summed E-state index contributed by atoms with van der Waals surface area (Å²) in [7, 11) is 0. The first-order valence-corrected chi connectivity index (χ1v) is 7.41. The number of aromatic amines is 1. The molecule has 1 aromatic heterocycles. The summed E-state index contributed by atoms with van der Waals surface area (Å²) in [6, 6.07) is 6.74. The van der Waals surface area contributed by atoms with Gasteiger partial charge >= 0.3 is 5.97 Å². The number of allylic oxidation sites excluding steroid dienone is 4. The molecule has 23 heavy (non-hydrogen) atoms. The van der Waals surface area contributed by atoms with Crippen molar-refractivity contribution in [3.63, 3.8) is 0 Å². The van der Waals surface area contributed by atoms with Gasteiger partial charge in [0.1, 0.15) is 6.04 Å². The number of H-pyrrole nitrogens is 1. The summed E-state index contributed by atoms with van der Waals surface area (Å²) in [5.41, 5.74) is 7.93. The van der Waals surface area contributed by atoms with Crippen molar-refractivity contribution < 1.29 is 14.7 Å². The SMILES string of the molecule is CC1(c2[nH]c3ccccc3c2C[C@H](N)C(=O)O)C=CC(=O)C=C1. The summed E-state index contributed by atoms with van der Waals surface area (Å²) in [5.74, 6) is -1.08. The van der Waals surface area contributed by atoms with Gasteiger partial charge in [-0.3, -0.25) is 9.59 Å². The summed E-state index contributed by atoms with van der Waals surface area (Å²) < 4.78 is 0. The van der Waals surface area contributed by atoms with Gasteiger partial charge in [-0.2, -0.15) is 0 Å². The average molecular weight is 310 g/mol. The normalized spacial score (nSPS) is 17.6. The van der Waals surface area contributed by atoms with Gasteiger partial charge in [0, 0.05) is 28.4 Å². The minimum absolute atomic E-state index is 0.0534. The molecule has 1 aliphatic rings. The van der Waals surface area contributed by atoms with Gasteiger partial charge in [0.05, 0.1) is 0 Å². The van der Waals surface area contributed by atoms with Crippen LogP contribution in [0.25, 0.3) is 10.9 Å². The van der Waals surface area contributed by atoms with E-state index in [0.717, 1.165) is 22.2 Å². The number of aromatic nitrogens is 1. The Morgan fingerprint density at radius 3 is 2.61 bits per heavy atom. The number of rotatable bonds is 4. The second kappa shape index (κ2) is 5.52. The molecule has 0 radical (unpaired) electrons. The van der Waals surface area contributed by atoms with Crippen molar-refractivity contribution in [2.45, 2.75) is 24.8 Å². The topological polar surface area (TPSA) is 96.2 Å². The third-order valence-electron chi connectivity index (χ3n) is 4.28. The quantitative estimate of drug-likeness (QED) is 0.805. The molecule has 1 aromatic carbocycles. The van der Waals surface area contributed by atoms with E-state index in [-0.39, 0.29) is 12.2 Å². The van der Waals surface area contributed by atoms with Crippen LogP contribution in [0.3, 0.4) is 0 Å². The van der Waals surface area contributed by atoms with Crippen molar-refractivity contribution in [2.75, 3.05) is 0 Å². The van der Waals surface area contributed by atoms with E-state index in [4.69, 9.17) is 10.8 Å². The van der Waals surface area contributed by atoms with Gasteiger partial charge in [0.2, 0.25) is 0 Å². The first-order chi connectivity index (χ1) is 10.9. The number of benzene rings is 1. The van der Waals surface area contributed by atoms with Crippen LogP contribution in [0.4, 0.5) is 0 Å². The standard InChI is InChI=1S/C18H18N2O3/c1-18(8-6-11(21)7-9-18)16-13(10-14(19)17(22)23)12-4-2-3-5-15(12)20-16/h2-9,14,20H,10,19H2,1H3,(H,22,23)/t14-/m0/s1. The monoisotopic (exact) mass is 310 g/mol. The highest BCUT2D eigenvalue weighted by Crippen LogP contribution is 2.35. The Kier molecular flexibility index (Phi) is 3.66. The average Bonchev–Trinajstić information content (AvgIpc) is 2.90. The number of hydrogen-bond acceptors (Lipinski definition) is 3. The lowest BCUT2D eigenvalue weighted by molar-refractivity contribution is -0.138. The third-order valence-corrected chi connectivity index (χ3v) is 4.28. The van der Waals surface area contributed by atoms with Crippen molar-refractivity contribution in [2.24, 2.45) is 5.73 Å². The molecular formula is C18H18N2O3. The van der Waals surface area contributed by atoms with Crippen molar-refractivity contribution >= 4 is 22.7 Å². The number of carbonyl (C=O) groups is 2. The van der Waals surface area contributed by atoms with E-state index in [2.05, 4.69) is 4.98 Å². The van der Waals surface area contributed by atoms with Gasteiger partial charge in [-0.05, 0) is 30.7 Å². The van der Waals surface area contributed by atoms with Crippen LogP contribution in [0.1, 0.15) is 18.2 Å². The van der Waals surface area contributed by atoms with Gasteiger partial charge in [0.25, 0.3) is 0 Å². The summed E-state index contributed by atoms with van der Waals surface area (Å²) >= 11 is 0. The molecule has 0 bridgehead atoms. The van der Waals surface area contributed by atoms with Crippen LogP contribution in [0, 0.1) is 0 Å². The number of carboxylic acids is 1. The fraction of sp³-hybridized carbons (Fsp3) is 0.222. The molecule has 3 rings (SSSR count). The molecule has 0 saturated carbocycles.